The minimum atomic E-state index is -0.192. The van der Waals surface area contributed by atoms with E-state index in [2.05, 4.69) is 9.97 Å². The molecule has 2 aromatic heterocycles. The summed E-state index contributed by atoms with van der Waals surface area (Å²) < 4.78 is 1.45. The van der Waals surface area contributed by atoms with Gasteiger partial charge in [-0.1, -0.05) is 17.7 Å². The van der Waals surface area contributed by atoms with Crippen molar-refractivity contribution in [1.82, 2.24) is 14.5 Å². The van der Waals surface area contributed by atoms with Crippen LogP contribution in [-0.4, -0.2) is 14.5 Å². The lowest BCUT2D eigenvalue weighted by Gasteiger charge is -2.07. The Kier molecular flexibility index (Phi) is 2.80. The number of benzene rings is 1. The zero-order chi connectivity index (χ0) is 13.4. The fourth-order valence-electron chi connectivity index (χ4n) is 1.98. The van der Waals surface area contributed by atoms with Crippen LogP contribution in [0.25, 0.3) is 16.6 Å². The third-order valence-electron chi connectivity index (χ3n) is 2.88. The van der Waals surface area contributed by atoms with E-state index in [-0.39, 0.29) is 5.56 Å². The van der Waals surface area contributed by atoms with Crippen molar-refractivity contribution in [3.8, 4) is 5.69 Å². The molecule has 0 fully saturated rings. The number of nitrogens with zero attached hydrogens (tertiary/aromatic N) is 3. The van der Waals surface area contributed by atoms with Crippen LogP contribution in [0.1, 0.15) is 5.56 Å². The van der Waals surface area contributed by atoms with Gasteiger partial charge in [0.15, 0.2) is 0 Å². The number of hydrogen-bond acceptors (Lipinski definition) is 3. The normalized spacial score (nSPS) is 10.8. The lowest BCUT2D eigenvalue weighted by atomic mass is 10.2. The highest BCUT2D eigenvalue weighted by atomic mass is 35.5. The van der Waals surface area contributed by atoms with Gasteiger partial charge >= 0.3 is 0 Å². The Morgan fingerprint density at radius 2 is 2.11 bits per heavy atom. The molecular weight excluding hydrogens is 262 g/mol. The molecule has 1 aromatic carbocycles. The Hall–Kier alpha value is -2.20. The second-order valence-corrected chi connectivity index (χ2v) is 4.68. The molecule has 3 rings (SSSR count). The van der Waals surface area contributed by atoms with E-state index in [1.165, 1.54) is 10.9 Å². The van der Waals surface area contributed by atoms with Crippen molar-refractivity contribution < 1.29 is 0 Å². The van der Waals surface area contributed by atoms with E-state index >= 15 is 0 Å². The van der Waals surface area contributed by atoms with Gasteiger partial charge in [0.2, 0.25) is 0 Å². The molecule has 0 aliphatic heterocycles. The van der Waals surface area contributed by atoms with Crippen LogP contribution in [0.2, 0.25) is 5.02 Å². The van der Waals surface area contributed by atoms with Crippen molar-refractivity contribution in [2.24, 2.45) is 0 Å². The van der Waals surface area contributed by atoms with Gasteiger partial charge in [-0.15, -0.1) is 0 Å². The SMILES string of the molecule is Cc1cncc(-n2cnc3cccc(Cl)c3c2=O)c1. The topological polar surface area (TPSA) is 47.8 Å². The summed E-state index contributed by atoms with van der Waals surface area (Å²) >= 11 is 6.08. The molecule has 3 aromatic rings. The molecule has 0 aliphatic rings. The summed E-state index contributed by atoms with van der Waals surface area (Å²) in [4.78, 5) is 20.8. The number of halogens is 1. The Morgan fingerprint density at radius 3 is 2.89 bits per heavy atom. The van der Waals surface area contributed by atoms with E-state index in [1.807, 2.05) is 13.0 Å². The lowest BCUT2D eigenvalue weighted by molar-refractivity contribution is 0.950. The van der Waals surface area contributed by atoms with Crippen LogP contribution in [0.15, 0.2) is 47.8 Å². The van der Waals surface area contributed by atoms with Gasteiger partial charge in [-0.3, -0.25) is 14.3 Å². The number of rotatable bonds is 1. The minimum absolute atomic E-state index is 0.192. The van der Waals surface area contributed by atoms with Crippen molar-refractivity contribution in [3.05, 3.63) is 63.9 Å². The van der Waals surface area contributed by atoms with Crippen molar-refractivity contribution in [2.45, 2.75) is 6.92 Å². The average Bonchev–Trinajstić information content (AvgIpc) is 2.39. The average molecular weight is 272 g/mol. The molecule has 0 spiro atoms. The van der Waals surface area contributed by atoms with Gasteiger partial charge in [-0.2, -0.15) is 0 Å². The molecule has 0 saturated carbocycles. The predicted molar refractivity (Wildman–Crippen MR) is 74.9 cm³/mol. The molecule has 0 bridgehead atoms. The molecule has 0 radical (unpaired) electrons. The van der Waals surface area contributed by atoms with Gasteiger partial charge in [0, 0.05) is 6.20 Å². The van der Waals surface area contributed by atoms with E-state index in [0.717, 1.165) is 5.56 Å². The Balaban J connectivity index is 2.35. The van der Waals surface area contributed by atoms with Crippen molar-refractivity contribution >= 4 is 22.5 Å². The maximum atomic E-state index is 12.5. The van der Waals surface area contributed by atoms with E-state index in [9.17, 15) is 4.79 Å². The fourth-order valence-corrected chi connectivity index (χ4v) is 2.23. The van der Waals surface area contributed by atoms with Crippen LogP contribution in [0.5, 0.6) is 0 Å². The van der Waals surface area contributed by atoms with Gasteiger partial charge in [0.05, 0.1) is 27.8 Å². The molecule has 0 aliphatic carbocycles. The predicted octanol–water partition coefficient (Wildman–Crippen LogP) is 2.74. The molecule has 0 N–H and O–H groups in total. The molecule has 4 nitrogen and oxygen atoms in total. The summed E-state index contributed by atoms with van der Waals surface area (Å²) in [6, 6.07) is 7.10. The molecular formula is C14H10ClN3O. The van der Waals surface area contributed by atoms with Gasteiger partial charge < -0.3 is 0 Å². The molecule has 94 valence electrons. The van der Waals surface area contributed by atoms with Crippen molar-refractivity contribution in [2.75, 3.05) is 0 Å². The van der Waals surface area contributed by atoms with Gasteiger partial charge in [0.1, 0.15) is 6.33 Å². The molecule has 0 amide bonds. The molecule has 0 saturated heterocycles. The highest BCUT2D eigenvalue weighted by Gasteiger charge is 2.09. The molecule has 2 heterocycles. The largest absolute Gasteiger partial charge is 0.268 e. The summed E-state index contributed by atoms with van der Waals surface area (Å²) in [6.07, 6.45) is 4.85. The van der Waals surface area contributed by atoms with Crippen molar-refractivity contribution in [1.29, 1.82) is 0 Å². The highest BCUT2D eigenvalue weighted by molar-refractivity contribution is 6.35. The van der Waals surface area contributed by atoms with Crippen LogP contribution in [0, 0.1) is 6.92 Å². The maximum absolute atomic E-state index is 12.5. The standard InChI is InChI=1S/C14H10ClN3O/c1-9-5-10(7-16-6-9)18-8-17-12-4-2-3-11(15)13(12)14(18)19/h2-8H,1H3. The third kappa shape index (κ3) is 2.00. The van der Waals surface area contributed by atoms with E-state index in [1.54, 1.807) is 30.6 Å². The zero-order valence-corrected chi connectivity index (χ0v) is 10.9. The zero-order valence-electron chi connectivity index (χ0n) is 10.2. The summed E-state index contributed by atoms with van der Waals surface area (Å²) in [7, 11) is 0. The molecule has 19 heavy (non-hydrogen) atoms. The number of aryl methyl sites for hydroxylation is 1. The Morgan fingerprint density at radius 1 is 1.26 bits per heavy atom. The van der Waals surface area contributed by atoms with Crippen LogP contribution in [0.4, 0.5) is 0 Å². The van der Waals surface area contributed by atoms with Crippen molar-refractivity contribution in [3.63, 3.8) is 0 Å². The second kappa shape index (κ2) is 4.48. The van der Waals surface area contributed by atoms with Crippen LogP contribution in [-0.2, 0) is 0 Å². The van der Waals surface area contributed by atoms with E-state index in [0.29, 0.717) is 21.6 Å². The molecule has 0 atom stereocenters. The molecule has 5 heteroatoms. The summed E-state index contributed by atoms with van der Waals surface area (Å²) in [5.41, 5.74) is 2.06. The summed E-state index contributed by atoms with van der Waals surface area (Å²) in [6.45, 7) is 1.92. The van der Waals surface area contributed by atoms with Gasteiger partial charge in [-0.05, 0) is 30.7 Å². The fraction of sp³-hybridized carbons (Fsp3) is 0.0714. The maximum Gasteiger partial charge on any atom is 0.267 e. The first-order chi connectivity index (χ1) is 9.16. The van der Waals surface area contributed by atoms with E-state index in [4.69, 9.17) is 11.6 Å². The second-order valence-electron chi connectivity index (χ2n) is 4.27. The smallest absolute Gasteiger partial charge is 0.267 e. The molecule has 0 unspecified atom stereocenters. The number of hydrogen-bond donors (Lipinski definition) is 0. The van der Waals surface area contributed by atoms with Crippen LogP contribution >= 0.6 is 11.6 Å². The van der Waals surface area contributed by atoms with Crippen LogP contribution < -0.4 is 5.56 Å². The quantitative estimate of drug-likeness (QED) is 0.684. The van der Waals surface area contributed by atoms with Crippen LogP contribution in [0.3, 0.4) is 0 Å². The third-order valence-corrected chi connectivity index (χ3v) is 3.19. The monoisotopic (exact) mass is 271 g/mol. The summed E-state index contributed by atoms with van der Waals surface area (Å²) in [5.74, 6) is 0. The van der Waals surface area contributed by atoms with Gasteiger partial charge in [-0.25, -0.2) is 4.98 Å². The first kappa shape index (κ1) is 11.9. The number of aromatic nitrogens is 3. The minimum Gasteiger partial charge on any atom is -0.268 e. The Bertz CT molecular complexity index is 826. The highest BCUT2D eigenvalue weighted by Crippen LogP contribution is 2.18. The number of fused-ring (bicyclic) bond motifs is 1. The Labute approximate surface area is 114 Å². The lowest BCUT2D eigenvalue weighted by Crippen LogP contribution is -2.19. The van der Waals surface area contributed by atoms with E-state index < -0.39 is 0 Å². The first-order valence-corrected chi connectivity index (χ1v) is 6.12. The number of pyridine rings is 1. The van der Waals surface area contributed by atoms with Gasteiger partial charge in [0.25, 0.3) is 5.56 Å². The first-order valence-electron chi connectivity index (χ1n) is 5.75. The summed E-state index contributed by atoms with van der Waals surface area (Å²) in [5, 5.41) is 0.832.